The largest absolute Gasteiger partial charge is 0.409 e. The zero-order chi connectivity index (χ0) is 14.9. The number of hydrogen-bond donors (Lipinski definition) is 0. The van der Waals surface area contributed by atoms with Crippen LogP contribution in [-0.2, 0) is 12.3 Å². The maximum absolute atomic E-state index is 6.46. The lowest BCUT2D eigenvalue weighted by molar-refractivity contribution is 0.227. The fourth-order valence-corrected chi connectivity index (χ4v) is 17.5. The molecule has 1 aliphatic rings. The molecule has 1 fully saturated rings. The molecule has 19 heavy (non-hydrogen) atoms. The van der Waals surface area contributed by atoms with E-state index in [1.807, 2.05) is 23.6 Å². The molecule has 0 aromatic heterocycles. The molecule has 1 saturated heterocycles. The summed E-state index contributed by atoms with van der Waals surface area (Å²) in [5, 5.41) is 0. The summed E-state index contributed by atoms with van der Waals surface area (Å²) in [5.41, 5.74) is 6.19. The van der Waals surface area contributed by atoms with Crippen LogP contribution < -0.4 is 0 Å². The fraction of sp³-hybridized carbons (Fsp3) is 0.538. The Morgan fingerprint density at radius 3 is 1.32 bits per heavy atom. The Hall–Kier alpha value is -0.249. The van der Waals surface area contributed by atoms with E-state index < -0.39 is 25.7 Å². The first-order valence-corrected chi connectivity index (χ1v) is 13.0. The molecular formula is C13H26O3Si3. The van der Waals surface area contributed by atoms with Gasteiger partial charge >= 0.3 is 25.7 Å². The molecule has 1 aliphatic heterocycles. The van der Waals surface area contributed by atoms with Gasteiger partial charge in [-0.15, -0.1) is 19.7 Å². The minimum Gasteiger partial charge on any atom is -0.409 e. The van der Waals surface area contributed by atoms with Gasteiger partial charge in [-0.1, -0.05) is 44.8 Å². The van der Waals surface area contributed by atoms with Gasteiger partial charge in [0, 0.05) is 0 Å². The van der Waals surface area contributed by atoms with Crippen molar-refractivity contribution >= 4 is 25.7 Å². The average molecular weight is 315 g/mol. The van der Waals surface area contributed by atoms with Gasteiger partial charge in [0.25, 0.3) is 0 Å². The van der Waals surface area contributed by atoms with Gasteiger partial charge in [-0.05, 0) is 17.6 Å². The SMILES string of the molecule is C=C[Si]1(C)O[Si](C=C)(C(C)C)O[Si](C=C)(C(C)C)O1. The van der Waals surface area contributed by atoms with E-state index in [0.29, 0.717) is 0 Å². The van der Waals surface area contributed by atoms with Crippen LogP contribution in [-0.4, -0.2) is 25.7 Å². The second-order valence-corrected chi connectivity index (χ2v) is 16.6. The lowest BCUT2D eigenvalue weighted by Crippen LogP contribution is -2.69. The van der Waals surface area contributed by atoms with Crippen LogP contribution in [0.15, 0.2) is 36.8 Å². The van der Waals surface area contributed by atoms with Crippen molar-refractivity contribution in [1.29, 1.82) is 0 Å². The third kappa shape index (κ3) is 2.93. The van der Waals surface area contributed by atoms with Gasteiger partial charge in [-0.2, -0.15) is 0 Å². The van der Waals surface area contributed by atoms with Crippen LogP contribution in [0.5, 0.6) is 0 Å². The molecule has 0 aromatic rings. The quantitative estimate of drug-likeness (QED) is 0.718. The van der Waals surface area contributed by atoms with E-state index in [2.05, 4.69) is 47.4 Å². The standard InChI is InChI=1S/C13H26O3Si3/c1-9-17(8)14-18(10-2,12(4)5)16-19(11-3,15-17)13(6)7/h9-13H,1-3H2,4-8H3. The second-order valence-electron chi connectivity index (χ2n) is 5.69. The van der Waals surface area contributed by atoms with Crippen molar-refractivity contribution in [3.8, 4) is 0 Å². The number of rotatable bonds is 5. The fourth-order valence-electron chi connectivity index (χ4n) is 2.14. The first-order chi connectivity index (χ1) is 8.69. The summed E-state index contributed by atoms with van der Waals surface area (Å²) in [7, 11) is -7.41. The van der Waals surface area contributed by atoms with Gasteiger partial charge in [0.15, 0.2) is 0 Å². The van der Waals surface area contributed by atoms with Crippen molar-refractivity contribution in [2.45, 2.75) is 45.3 Å². The van der Waals surface area contributed by atoms with Crippen molar-refractivity contribution in [2.75, 3.05) is 0 Å². The lowest BCUT2D eigenvalue weighted by Gasteiger charge is -2.52. The summed E-state index contributed by atoms with van der Waals surface area (Å²) in [6.07, 6.45) is 0. The molecule has 3 nitrogen and oxygen atoms in total. The Bertz CT molecular complexity index is 355. The molecule has 0 N–H and O–H groups in total. The first kappa shape index (κ1) is 16.8. The van der Waals surface area contributed by atoms with Crippen LogP contribution in [0, 0.1) is 0 Å². The van der Waals surface area contributed by atoms with Crippen molar-refractivity contribution in [3.63, 3.8) is 0 Å². The molecular weight excluding hydrogens is 288 g/mol. The second kappa shape index (κ2) is 5.63. The van der Waals surface area contributed by atoms with E-state index in [9.17, 15) is 0 Å². The third-order valence-electron chi connectivity index (χ3n) is 3.59. The molecule has 0 bridgehead atoms. The molecule has 2 unspecified atom stereocenters. The summed E-state index contributed by atoms with van der Waals surface area (Å²) in [6.45, 7) is 22.4. The highest BCUT2D eigenvalue weighted by Crippen LogP contribution is 2.42. The van der Waals surface area contributed by atoms with Gasteiger partial charge in [0.1, 0.15) is 0 Å². The highest BCUT2D eigenvalue weighted by atomic mass is 28.5. The maximum Gasteiger partial charge on any atom is 0.349 e. The molecule has 0 spiro atoms. The Kier molecular flexibility index (Phi) is 4.98. The molecule has 0 aliphatic carbocycles. The van der Waals surface area contributed by atoms with Crippen LogP contribution in [0.3, 0.4) is 0 Å². The third-order valence-corrected chi connectivity index (χ3v) is 17.0. The summed E-state index contributed by atoms with van der Waals surface area (Å²) in [4.78, 5) is 0. The van der Waals surface area contributed by atoms with Crippen molar-refractivity contribution in [1.82, 2.24) is 0 Å². The van der Waals surface area contributed by atoms with Crippen molar-refractivity contribution in [3.05, 3.63) is 36.8 Å². The van der Waals surface area contributed by atoms with E-state index in [4.69, 9.17) is 12.3 Å². The van der Waals surface area contributed by atoms with E-state index in [-0.39, 0.29) is 11.1 Å². The van der Waals surface area contributed by atoms with Gasteiger partial charge in [0.2, 0.25) is 0 Å². The normalized spacial score (nSPS) is 39.3. The summed E-state index contributed by atoms with van der Waals surface area (Å²) >= 11 is 0. The maximum atomic E-state index is 6.46. The topological polar surface area (TPSA) is 27.7 Å². The van der Waals surface area contributed by atoms with E-state index in [1.165, 1.54) is 0 Å². The average Bonchev–Trinajstić information content (AvgIpc) is 2.37. The minimum atomic E-state index is -2.49. The first-order valence-electron chi connectivity index (χ1n) is 6.70. The molecule has 1 rings (SSSR count). The van der Waals surface area contributed by atoms with E-state index >= 15 is 0 Å². The van der Waals surface area contributed by atoms with Crippen LogP contribution in [0.4, 0.5) is 0 Å². The summed E-state index contributed by atoms with van der Waals surface area (Å²) in [5.74, 6) is 0. The molecule has 0 aromatic carbocycles. The van der Waals surface area contributed by atoms with Crippen LogP contribution in [0.25, 0.3) is 0 Å². The minimum absolute atomic E-state index is 0.284. The highest BCUT2D eigenvalue weighted by Gasteiger charge is 2.60. The van der Waals surface area contributed by atoms with Crippen molar-refractivity contribution in [2.24, 2.45) is 0 Å². The predicted octanol–water partition coefficient (Wildman–Crippen LogP) is 4.00. The molecule has 0 saturated carbocycles. The highest BCUT2D eigenvalue weighted by molar-refractivity contribution is 6.99. The summed E-state index contributed by atoms with van der Waals surface area (Å²) < 4.78 is 19.1. The predicted molar refractivity (Wildman–Crippen MR) is 87.2 cm³/mol. The van der Waals surface area contributed by atoms with Gasteiger partial charge in [0.05, 0.1) is 0 Å². The monoisotopic (exact) mass is 314 g/mol. The lowest BCUT2D eigenvalue weighted by atomic mass is 10.6. The molecule has 108 valence electrons. The van der Waals surface area contributed by atoms with Gasteiger partial charge < -0.3 is 12.3 Å². The smallest absolute Gasteiger partial charge is 0.349 e. The van der Waals surface area contributed by atoms with Crippen LogP contribution in [0.1, 0.15) is 27.7 Å². The molecule has 0 amide bonds. The van der Waals surface area contributed by atoms with Gasteiger partial charge in [-0.25, -0.2) is 0 Å². The Morgan fingerprint density at radius 2 is 1.11 bits per heavy atom. The Morgan fingerprint density at radius 1 is 0.737 bits per heavy atom. The molecule has 6 heteroatoms. The zero-order valence-electron chi connectivity index (χ0n) is 12.7. The zero-order valence-corrected chi connectivity index (χ0v) is 15.7. The Balaban J connectivity index is 3.36. The molecule has 0 radical (unpaired) electrons. The molecule has 1 heterocycles. The van der Waals surface area contributed by atoms with Crippen LogP contribution in [0.2, 0.25) is 17.6 Å². The van der Waals surface area contributed by atoms with Gasteiger partial charge in [-0.3, -0.25) is 0 Å². The van der Waals surface area contributed by atoms with E-state index in [0.717, 1.165) is 0 Å². The molecule has 2 atom stereocenters. The number of hydrogen-bond acceptors (Lipinski definition) is 3. The Labute approximate surface area is 120 Å². The summed E-state index contributed by atoms with van der Waals surface area (Å²) in [6, 6.07) is 0. The van der Waals surface area contributed by atoms with Crippen molar-refractivity contribution < 1.29 is 12.3 Å². The van der Waals surface area contributed by atoms with E-state index in [1.54, 1.807) is 0 Å². The van der Waals surface area contributed by atoms with Crippen LogP contribution >= 0.6 is 0 Å².